The minimum absolute atomic E-state index is 0.0532. The third-order valence-electron chi connectivity index (χ3n) is 8.10. The summed E-state index contributed by atoms with van der Waals surface area (Å²) in [5.74, 6) is 0.474. The van der Waals surface area contributed by atoms with Gasteiger partial charge in [0.25, 0.3) is 0 Å². The van der Waals surface area contributed by atoms with Crippen LogP contribution in [-0.4, -0.2) is 44.9 Å². The van der Waals surface area contributed by atoms with Crippen LogP contribution in [0.5, 0.6) is 0 Å². The number of rotatable bonds is 7. The predicted octanol–water partition coefficient (Wildman–Crippen LogP) is 6.21. The SMILES string of the molecule is O=C(CCc1cccc(F)c1)N1CCC(Cn2ccc3cc(-c4cnn(C5CCCCO5)c4)ccc32)CC1. The van der Waals surface area contributed by atoms with E-state index in [1.807, 2.05) is 21.8 Å². The summed E-state index contributed by atoms with van der Waals surface area (Å²) in [6, 6.07) is 15.4. The number of piperidine rings is 1. The van der Waals surface area contributed by atoms with Crippen molar-refractivity contribution in [2.75, 3.05) is 19.7 Å². The fraction of sp³-hybridized carbons (Fsp3) is 0.419. The standard InChI is InChI=1S/C31H35FN4O2/c32-28-5-3-4-23(18-28)7-10-30(37)34-14-11-24(12-15-34)21-35-16-13-26-19-25(8-9-29(26)35)27-20-33-36(22-27)31-6-1-2-17-38-31/h3-5,8-9,13,16,18-20,22,24,31H,1-2,6-7,10-12,14-15,17,21H2. The molecule has 198 valence electrons. The molecule has 4 heterocycles. The van der Waals surface area contributed by atoms with Gasteiger partial charge in [0.05, 0.1) is 6.20 Å². The van der Waals surface area contributed by atoms with Gasteiger partial charge >= 0.3 is 0 Å². The van der Waals surface area contributed by atoms with Crippen LogP contribution in [0.2, 0.25) is 0 Å². The molecule has 2 aliphatic rings. The molecule has 0 aliphatic carbocycles. The van der Waals surface area contributed by atoms with E-state index in [-0.39, 0.29) is 18.0 Å². The van der Waals surface area contributed by atoms with E-state index in [4.69, 9.17) is 4.74 Å². The van der Waals surface area contributed by atoms with Crippen LogP contribution in [0, 0.1) is 11.7 Å². The molecule has 1 amide bonds. The van der Waals surface area contributed by atoms with Crippen LogP contribution in [0.15, 0.2) is 67.1 Å². The van der Waals surface area contributed by atoms with Crippen molar-refractivity contribution in [3.05, 3.63) is 78.5 Å². The van der Waals surface area contributed by atoms with E-state index in [0.717, 1.165) is 63.1 Å². The molecule has 1 unspecified atom stereocenters. The van der Waals surface area contributed by atoms with Gasteiger partial charge in [0, 0.05) is 61.5 Å². The Morgan fingerprint density at radius 1 is 1.03 bits per heavy atom. The number of carbonyl (C=O) groups is 1. The average molecular weight is 515 g/mol. The second-order valence-electron chi connectivity index (χ2n) is 10.7. The zero-order valence-corrected chi connectivity index (χ0v) is 21.8. The van der Waals surface area contributed by atoms with Crippen molar-refractivity contribution in [2.24, 2.45) is 5.92 Å². The minimum atomic E-state index is -0.245. The predicted molar refractivity (Wildman–Crippen MR) is 146 cm³/mol. The summed E-state index contributed by atoms with van der Waals surface area (Å²) in [5, 5.41) is 5.80. The number of likely N-dealkylation sites (tertiary alicyclic amines) is 1. The second-order valence-corrected chi connectivity index (χ2v) is 10.7. The third-order valence-corrected chi connectivity index (χ3v) is 8.10. The van der Waals surface area contributed by atoms with Gasteiger partial charge in [-0.2, -0.15) is 5.10 Å². The maximum absolute atomic E-state index is 13.4. The third kappa shape index (κ3) is 5.53. The van der Waals surface area contributed by atoms with Gasteiger partial charge in [-0.25, -0.2) is 9.07 Å². The first-order valence-corrected chi connectivity index (χ1v) is 13.9. The Labute approximate surface area is 223 Å². The van der Waals surface area contributed by atoms with Crippen LogP contribution in [0.3, 0.4) is 0 Å². The zero-order valence-electron chi connectivity index (χ0n) is 21.8. The van der Waals surface area contributed by atoms with Crippen LogP contribution in [-0.2, 0) is 22.5 Å². The highest BCUT2D eigenvalue weighted by Crippen LogP contribution is 2.29. The summed E-state index contributed by atoms with van der Waals surface area (Å²) in [6.45, 7) is 3.37. The van der Waals surface area contributed by atoms with E-state index in [0.29, 0.717) is 18.8 Å². The summed E-state index contributed by atoms with van der Waals surface area (Å²) in [6.07, 6.45) is 12.6. The van der Waals surface area contributed by atoms with E-state index >= 15 is 0 Å². The van der Waals surface area contributed by atoms with Gasteiger partial charge in [0.1, 0.15) is 12.0 Å². The molecule has 2 saturated heterocycles. The first kappa shape index (κ1) is 24.9. The van der Waals surface area contributed by atoms with Crippen molar-refractivity contribution >= 4 is 16.8 Å². The molecule has 7 heteroatoms. The maximum atomic E-state index is 13.4. The Morgan fingerprint density at radius 3 is 2.74 bits per heavy atom. The number of aryl methyl sites for hydroxylation is 1. The first-order chi connectivity index (χ1) is 18.6. The number of hydrogen-bond donors (Lipinski definition) is 0. The number of aromatic nitrogens is 3. The number of halogens is 1. The van der Waals surface area contributed by atoms with Crippen molar-refractivity contribution in [3.63, 3.8) is 0 Å². The molecular formula is C31H35FN4O2. The van der Waals surface area contributed by atoms with Crippen molar-refractivity contribution in [1.82, 2.24) is 19.2 Å². The first-order valence-electron chi connectivity index (χ1n) is 13.9. The van der Waals surface area contributed by atoms with E-state index in [1.165, 1.54) is 35.0 Å². The molecular weight excluding hydrogens is 479 g/mol. The quantitative estimate of drug-likeness (QED) is 0.294. The molecule has 2 fully saturated rings. The number of benzene rings is 2. The van der Waals surface area contributed by atoms with Crippen LogP contribution in [0.1, 0.15) is 50.3 Å². The summed E-state index contributed by atoms with van der Waals surface area (Å²) in [4.78, 5) is 14.7. The summed E-state index contributed by atoms with van der Waals surface area (Å²) in [7, 11) is 0. The molecule has 6 rings (SSSR count). The Hall–Kier alpha value is -3.45. The number of nitrogens with zero attached hydrogens (tertiary/aromatic N) is 4. The zero-order chi connectivity index (χ0) is 25.9. The number of carbonyl (C=O) groups excluding carboxylic acids is 1. The van der Waals surface area contributed by atoms with Crippen LogP contribution >= 0.6 is 0 Å². The Morgan fingerprint density at radius 2 is 1.92 bits per heavy atom. The maximum Gasteiger partial charge on any atom is 0.222 e. The van der Waals surface area contributed by atoms with Crippen LogP contribution < -0.4 is 0 Å². The second kappa shape index (κ2) is 11.1. The lowest BCUT2D eigenvalue weighted by Gasteiger charge is -2.32. The van der Waals surface area contributed by atoms with Crippen molar-refractivity contribution in [3.8, 4) is 11.1 Å². The lowest BCUT2D eigenvalue weighted by atomic mass is 9.96. The van der Waals surface area contributed by atoms with Gasteiger partial charge in [0.15, 0.2) is 0 Å². The largest absolute Gasteiger partial charge is 0.357 e. The highest BCUT2D eigenvalue weighted by atomic mass is 19.1. The van der Waals surface area contributed by atoms with Gasteiger partial charge < -0.3 is 14.2 Å². The normalized spacial score (nSPS) is 18.8. The molecule has 0 saturated carbocycles. The van der Waals surface area contributed by atoms with Gasteiger partial charge in [0.2, 0.25) is 5.91 Å². The van der Waals surface area contributed by atoms with Crippen molar-refractivity contribution < 1.29 is 13.9 Å². The van der Waals surface area contributed by atoms with E-state index in [2.05, 4.69) is 46.3 Å². The van der Waals surface area contributed by atoms with E-state index < -0.39 is 0 Å². The van der Waals surface area contributed by atoms with Gasteiger partial charge in [-0.3, -0.25) is 4.79 Å². The topological polar surface area (TPSA) is 52.3 Å². The molecule has 4 aromatic rings. The summed E-state index contributed by atoms with van der Waals surface area (Å²) in [5.41, 5.74) is 4.40. The molecule has 0 spiro atoms. The molecule has 2 aromatic heterocycles. The monoisotopic (exact) mass is 514 g/mol. The van der Waals surface area contributed by atoms with Crippen molar-refractivity contribution in [2.45, 2.75) is 57.7 Å². The van der Waals surface area contributed by atoms with E-state index in [1.54, 1.807) is 6.07 Å². The Bertz CT molecular complexity index is 1400. The number of amides is 1. The fourth-order valence-electron chi connectivity index (χ4n) is 5.86. The lowest BCUT2D eigenvalue weighted by molar-refractivity contribution is -0.132. The van der Waals surface area contributed by atoms with E-state index in [9.17, 15) is 9.18 Å². The molecule has 1 atom stereocenters. The number of fused-ring (bicyclic) bond motifs is 1. The summed E-state index contributed by atoms with van der Waals surface area (Å²) >= 11 is 0. The van der Waals surface area contributed by atoms with Crippen LogP contribution in [0.4, 0.5) is 4.39 Å². The highest BCUT2D eigenvalue weighted by Gasteiger charge is 2.23. The van der Waals surface area contributed by atoms with Gasteiger partial charge in [-0.05, 0) is 85.9 Å². The lowest BCUT2D eigenvalue weighted by Crippen LogP contribution is -2.39. The number of ether oxygens (including phenoxy) is 1. The molecule has 6 nitrogen and oxygen atoms in total. The molecule has 0 N–H and O–H groups in total. The van der Waals surface area contributed by atoms with Crippen LogP contribution in [0.25, 0.3) is 22.0 Å². The average Bonchev–Trinajstić information content (AvgIpc) is 3.60. The molecule has 38 heavy (non-hydrogen) atoms. The molecule has 0 radical (unpaired) electrons. The summed E-state index contributed by atoms with van der Waals surface area (Å²) < 4.78 is 23.6. The molecule has 2 aliphatic heterocycles. The minimum Gasteiger partial charge on any atom is -0.357 e. The smallest absolute Gasteiger partial charge is 0.222 e. The fourth-order valence-corrected chi connectivity index (χ4v) is 5.86. The Balaban J connectivity index is 1.04. The highest BCUT2D eigenvalue weighted by molar-refractivity contribution is 5.85. The Kier molecular flexibility index (Phi) is 7.27. The van der Waals surface area contributed by atoms with Gasteiger partial charge in [-0.1, -0.05) is 18.2 Å². The van der Waals surface area contributed by atoms with Gasteiger partial charge in [-0.15, -0.1) is 0 Å². The molecule has 0 bridgehead atoms. The van der Waals surface area contributed by atoms with Crippen molar-refractivity contribution in [1.29, 1.82) is 0 Å². The molecule has 2 aromatic carbocycles. The number of hydrogen-bond acceptors (Lipinski definition) is 3.